The summed E-state index contributed by atoms with van der Waals surface area (Å²) in [5, 5.41) is 31.3. The summed E-state index contributed by atoms with van der Waals surface area (Å²) in [7, 11) is 0. The number of aromatic hydroxyl groups is 3. The molecule has 2 aromatic carbocycles. The van der Waals surface area contributed by atoms with Gasteiger partial charge in [-0.25, -0.2) is 4.79 Å². The summed E-state index contributed by atoms with van der Waals surface area (Å²) in [6.07, 6.45) is 2.83. The Hall–Kier alpha value is -3.02. The molecule has 6 heteroatoms. The fourth-order valence-electron chi connectivity index (χ4n) is 1.79. The molecule has 0 aliphatic carbocycles. The number of nitrogens with zero attached hydrogens (tertiary/aromatic N) is 1. The van der Waals surface area contributed by atoms with Gasteiger partial charge < -0.3 is 20.2 Å². The van der Waals surface area contributed by atoms with Gasteiger partial charge in [-0.2, -0.15) is 0 Å². The topological polar surface area (TPSA) is 99.4 Å². The highest BCUT2D eigenvalue weighted by Crippen LogP contribution is 2.35. The first-order chi connectivity index (χ1) is 10.6. The number of benzene rings is 2. The van der Waals surface area contributed by atoms with Gasteiger partial charge in [0.15, 0.2) is 17.2 Å². The van der Waals surface area contributed by atoms with E-state index in [1.807, 2.05) is 30.3 Å². The number of hydrogen-bond donors (Lipinski definition) is 3. The number of phenolic OH excluding ortho intramolecular Hbond substituents is 3. The lowest BCUT2D eigenvalue weighted by molar-refractivity contribution is 0.0517. The SMILES string of the molecule is O=C(O/N=C/CCc1ccccc1)c1cc(O)c(O)c(O)c1. The van der Waals surface area contributed by atoms with E-state index in [-0.39, 0.29) is 5.56 Å². The highest BCUT2D eigenvalue weighted by Gasteiger charge is 2.14. The zero-order valence-corrected chi connectivity index (χ0v) is 11.6. The number of hydrogen-bond acceptors (Lipinski definition) is 6. The molecule has 0 spiro atoms. The van der Waals surface area contributed by atoms with Crippen LogP contribution in [0.15, 0.2) is 47.6 Å². The summed E-state index contributed by atoms with van der Waals surface area (Å²) in [6.45, 7) is 0. The van der Waals surface area contributed by atoms with E-state index in [1.165, 1.54) is 6.21 Å². The van der Waals surface area contributed by atoms with E-state index < -0.39 is 23.2 Å². The molecule has 2 aromatic rings. The molecule has 0 unspecified atom stereocenters. The third-order valence-corrected chi connectivity index (χ3v) is 2.92. The zero-order valence-electron chi connectivity index (χ0n) is 11.6. The highest BCUT2D eigenvalue weighted by atomic mass is 16.7. The fraction of sp³-hybridized carbons (Fsp3) is 0.125. The molecule has 2 rings (SSSR count). The Morgan fingerprint density at radius 1 is 1.09 bits per heavy atom. The van der Waals surface area contributed by atoms with Crippen molar-refractivity contribution in [2.75, 3.05) is 0 Å². The molecule has 0 heterocycles. The lowest BCUT2D eigenvalue weighted by atomic mass is 10.1. The van der Waals surface area contributed by atoms with Crippen LogP contribution in [0, 0.1) is 0 Å². The second-order valence-electron chi connectivity index (χ2n) is 4.55. The molecule has 0 aliphatic rings. The van der Waals surface area contributed by atoms with Crippen LogP contribution < -0.4 is 0 Å². The average Bonchev–Trinajstić information content (AvgIpc) is 2.52. The maximum atomic E-state index is 11.7. The first kappa shape index (κ1) is 15.4. The van der Waals surface area contributed by atoms with Crippen molar-refractivity contribution < 1.29 is 25.0 Å². The monoisotopic (exact) mass is 301 g/mol. The smallest absolute Gasteiger partial charge is 0.365 e. The first-order valence-corrected chi connectivity index (χ1v) is 6.60. The van der Waals surface area contributed by atoms with Gasteiger partial charge in [0.1, 0.15) is 0 Å². The van der Waals surface area contributed by atoms with Crippen LogP contribution in [-0.2, 0) is 11.3 Å². The maximum Gasteiger partial charge on any atom is 0.365 e. The molecule has 0 saturated carbocycles. The second-order valence-corrected chi connectivity index (χ2v) is 4.55. The van der Waals surface area contributed by atoms with Crippen molar-refractivity contribution in [3.8, 4) is 17.2 Å². The summed E-state index contributed by atoms with van der Waals surface area (Å²) in [5.74, 6) is -2.76. The first-order valence-electron chi connectivity index (χ1n) is 6.60. The molecule has 0 bridgehead atoms. The predicted molar refractivity (Wildman–Crippen MR) is 80.1 cm³/mol. The van der Waals surface area contributed by atoms with E-state index in [4.69, 9.17) is 0 Å². The Labute approximate surface area is 126 Å². The third-order valence-electron chi connectivity index (χ3n) is 2.92. The minimum Gasteiger partial charge on any atom is -0.504 e. The van der Waals surface area contributed by atoms with Crippen LogP contribution >= 0.6 is 0 Å². The number of carbonyl (C=O) groups is 1. The van der Waals surface area contributed by atoms with Gasteiger partial charge in [0, 0.05) is 6.21 Å². The number of carbonyl (C=O) groups excluding carboxylic acids is 1. The van der Waals surface area contributed by atoms with Crippen molar-refractivity contribution in [3.63, 3.8) is 0 Å². The van der Waals surface area contributed by atoms with Gasteiger partial charge in [-0.15, -0.1) is 0 Å². The van der Waals surface area contributed by atoms with Crippen molar-refractivity contribution in [2.24, 2.45) is 5.16 Å². The Morgan fingerprint density at radius 2 is 1.73 bits per heavy atom. The molecule has 0 radical (unpaired) electrons. The molecule has 0 saturated heterocycles. The number of oxime groups is 1. The number of aryl methyl sites for hydroxylation is 1. The summed E-state index contributed by atoms with van der Waals surface area (Å²) in [5.41, 5.74) is 1.03. The Kier molecular flexibility index (Phi) is 4.98. The standard InChI is InChI=1S/C16H15NO5/c18-13-9-12(10-14(19)15(13)20)16(21)22-17-8-4-7-11-5-2-1-3-6-11/h1-3,5-6,8-10,18-20H,4,7H2/b17-8+. The fourth-order valence-corrected chi connectivity index (χ4v) is 1.79. The maximum absolute atomic E-state index is 11.7. The van der Waals surface area contributed by atoms with Crippen molar-refractivity contribution in [1.82, 2.24) is 0 Å². The summed E-state index contributed by atoms with van der Waals surface area (Å²) < 4.78 is 0. The third kappa shape index (κ3) is 3.99. The minimum atomic E-state index is -0.846. The van der Waals surface area contributed by atoms with E-state index >= 15 is 0 Å². The van der Waals surface area contributed by atoms with Gasteiger partial charge in [0.2, 0.25) is 0 Å². The van der Waals surface area contributed by atoms with Crippen molar-refractivity contribution >= 4 is 12.2 Å². The number of phenols is 3. The molecular formula is C16H15NO5. The lowest BCUT2D eigenvalue weighted by Crippen LogP contribution is -2.01. The Bertz CT molecular complexity index is 659. The van der Waals surface area contributed by atoms with Crippen molar-refractivity contribution in [1.29, 1.82) is 0 Å². The van der Waals surface area contributed by atoms with Gasteiger partial charge in [-0.3, -0.25) is 0 Å². The van der Waals surface area contributed by atoms with E-state index in [0.717, 1.165) is 24.1 Å². The van der Waals surface area contributed by atoms with Gasteiger partial charge in [0.25, 0.3) is 0 Å². The van der Waals surface area contributed by atoms with E-state index in [1.54, 1.807) is 0 Å². The summed E-state index contributed by atoms with van der Waals surface area (Å²) >= 11 is 0. The molecule has 114 valence electrons. The van der Waals surface area contributed by atoms with Gasteiger partial charge in [-0.1, -0.05) is 35.5 Å². The van der Waals surface area contributed by atoms with Crippen LogP contribution in [0.2, 0.25) is 0 Å². The van der Waals surface area contributed by atoms with Gasteiger partial charge in [0.05, 0.1) is 5.56 Å². The van der Waals surface area contributed by atoms with Crippen LogP contribution in [0.25, 0.3) is 0 Å². The molecule has 22 heavy (non-hydrogen) atoms. The van der Waals surface area contributed by atoms with E-state index in [2.05, 4.69) is 9.99 Å². The van der Waals surface area contributed by atoms with E-state index in [9.17, 15) is 20.1 Å². The molecule has 0 fully saturated rings. The Morgan fingerprint density at radius 3 is 2.36 bits per heavy atom. The highest BCUT2D eigenvalue weighted by molar-refractivity contribution is 5.91. The van der Waals surface area contributed by atoms with Crippen LogP contribution in [0.1, 0.15) is 22.3 Å². The molecule has 0 aromatic heterocycles. The molecule has 0 aliphatic heterocycles. The predicted octanol–water partition coefficient (Wildman–Crippen LogP) is 2.58. The van der Waals surface area contributed by atoms with Crippen LogP contribution in [0.5, 0.6) is 17.2 Å². The lowest BCUT2D eigenvalue weighted by Gasteiger charge is -2.03. The normalized spacial score (nSPS) is 10.7. The van der Waals surface area contributed by atoms with Crippen LogP contribution in [0.3, 0.4) is 0 Å². The average molecular weight is 301 g/mol. The second kappa shape index (κ2) is 7.12. The molecule has 6 nitrogen and oxygen atoms in total. The molecule has 0 atom stereocenters. The van der Waals surface area contributed by atoms with E-state index in [0.29, 0.717) is 6.42 Å². The van der Waals surface area contributed by atoms with Crippen molar-refractivity contribution in [2.45, 2.75) is 12.8 Å². The van der Waals surface area contributed by atoms with Crippen LogP contribution in [-0.4, -0.2) is 27.5 Å². The van der Waals surface area contributed by atoms with Crippen LogP contribution in [0.4, 0.5) is 0 Å². The molecule has 0 amide bonds. The zero-order chi connectivity index (χ0) is 15.9. The molecular weight excluding hydrogens is 286 g/mol. The largest absolute Gasteiger partial charge is 0.504 e. The van der Waals surface area contributed by atoms with Crippen molar-refractivity contribution in [3.05, 3.63) is 53.6 Å². The minimum absolute atomic E-state index is 0.118. The van der Waals surface area contributed by atoms with Gasteiger partial charge in [-0.05, 0) is 30.5 Å². The summed E-state index contributed by atoms with van der Waals surface area (Å²) in [4.78, 5) is 16.3. The molecule has 3 N–H and O–H groups in total. The Balaban J connectivity index is 1.86. The van der Waals surface area contributed by atoms with Gasteiger partial charge >= 0.3 is 5.97 Å². The number of rotatable bonds is 5. The quantitative estimate of drug-likeness (QED) is 0.341. The summed E-state index contributed by atoms with van der Waals surface area (Å²) in [6, 6.07) is 11.8.